The van der Waals surface area contributed by atoms with E-state index in [2.05, 4.69) is 37.2 Å². The van der Waals surface area contributed by atoms with Crippen LogP contribution < -0.4 is 0 Å². The molecule has 1 heterocycles. The molecule has 0 saturated heterocycles. The molecule has 0 radical (unpaired) electrons. The Bertz CT molecular complexity index is 445. The molecule has 3 heteroatoms. The van der Waals surface area contributed by atoms with E-state index in [4.69, 9.17) is 4.63 Å². The monoisotopic (exact) mass is 190 g/mol. The number of hydrogen-bond donors (Lipinski definition) is 0. The van der Waals surface area contributed by atoms with Crippen molar-refractivity contribution in [3.8, 4) is 0 Å². The van der Waals surface area contributed by atoms with Gasteiger partial charge in [0.2, 0.25) is 0 Å². The van der Waals surface area contributed by atoms with Gasteiger partial charge in [-0.15, -0.1) is 0 Å². The Morgan fingerprint density at radius 1 is 1.29 bits per heavy atom. The van der Waals surface area contributed by atoms with Gasteiger partial charge in [0, 0.05) is 0 Å². The van der Waals surface area contributed by atoms with Gasteiger partial charge in [-0.2, -0.15) is 0 Å². The Labute approximate surface area is 83.1 Å². The molecule has 2 aromatic rings. The summed E-state index contributed by atoms with van der Waals surface area (Å²) >= 11 is 0. The first-order chi connectivity index (χ1) is 6.65. The molecule has 0 fully saturated rings. The summed E-state index contributed by atoms with van der Waals surface area (Å²) in [4.78, 5) is 0. The van der Waals surface area contributed by atoms with Crippen molar-refractivity contribution < 1.29 is 4.63 Å². The van der Waals surface area contributed by atoms with E-state index in [0.29, 0.717) is 0 Å². The predicted octanol–water partition coefficient (Wildman–Crippen LogP) is 2.91. The van der Waals surface area contributed by atoms with E-state index in [9.17, 15) is 0 Å². The van der Waals surface area contributed by atoms with Crippen molar-refractivity contribution in [3.05, 3.63) is 23.8 Å². The fourth-order valence-electron chi connectivity index (χ4n) is 1.54. The van der Waals surface area contributed by atoms with Crippen molar-refractivity contribution in [2.45, 2.75) is 32.6 Å². The van der Waals surface area contributed by atoms with Crippen LogP contribution in [0.25, 0.3) is 11.0 Å². The molecule has 0 N–H and O–H groups in total. The van der Waals surface area contributed by atoms with Gasteiger partial charge in [0.1, 0.15) is 11.0 Å². The molecule has 3 nitrogen and oxygen atoms in total. The molecule has 14 heavy (non-hydrogen) atoms. The van der Waals surface area contributed by atoms with E-state index in [0.717, 1.165) is 17.5 Å². The Kier molecular flexibility index (Phi) is 2.02. The SMILES string of the molecule is CCC(C)(C)c1cccc2nonc12. The Morgan fingerprint density at radius 2 is 2.07 bits per heavy atom. The van der Waals surface area contributed by atoms with Crippen LogP contribution in [0.4, 0.5) is 0 Å². The number of rotatable bonds is 2. The Balaban J connectivity index is 2.67. The lowest BCUT2D eigenvalue weighted by Gasteiger charge is -2.22. The fraction of sp³-hybridized carbons (Fsp3) is 0.455. The van der Waals surface area contributed by atoms with Gasteiger partial charge in [0.15, 0.2) is 0 Å². The third-order valence-electron chi connectivity index (χ3n) is 2.90. The second-order valence-electron chi connectivity index (χ2n) is 4.17. The van der Waals surface area contributed by atoms with Crippen LogP contribution in [0.5, 0.6) is 0 Å². The highest BCUT2D eigenvalue weighted by atomic mass is 16.6. The number of nitrogens with zero attached hydrogens (tertiary/aromatic N) is 2. The molecule has 0 bridgehead atoms. The number of aromatic nitrogens is 2. The van der Waals surface area contributed by atoms with Gasteiger partial charge in [-0.3, -0.25) is 0 Å². The highest BCUT2D eigenvalue weighted by molar-refractivity contribution is 5.77. The van der Waals surface area contributed by atoms with Gasteiger partial charge in [-0.05, 0) is 33.8 Å². The first kappa shape index (κ1) is 9.19. The van der Waals surface area contributed by atoms with Gasteiger partial charge in [-0.1, -0.05) is 32.9 Å². The second kappa shape index (κ2) is 3.08. The van der Waals surface area contributed by atoms with Crippen molar-refractivity contribution in [2.24, 2.45) is 0 Å². The fourth-order valence-corrected chi connectivity index (χ4v) is 1.54. The van der Waals surface area contributed by atoms with Crippen molar-refractivity contribution in [1.29, 1.82) is 0 Å². The number of benzene rings is 1. The Morgan fingerprint density at radius 3 is 2.79 bits per heavy atom. The zero-order valence-corrected chi connectivity index (χ0v) is 8.74. The molecule has 1 aromatic heterocycles. The smallest absolute Gasteiger partial charge is 0.138 e. The molecule has 0 aliphatic rings. The summed E-state index contributed by atoms with van der Waals surface area (Å²) in [6, 6.07) is 6.01. The first-order valence-corrected chi connectivity index (χ1v) is 4.87. The van der Waals surface area contributed by atoms with Gasteiger partial charge >= 0.3 is 0 Å². The lowest BCUT2D eigenvalue weighted by molar-refractivity contribution is 0.315. The molecule has 1 aromatic carbocycles. The predicted molar refractivity (Wildman–Crippen MR) is 55.1 cm³/mol. The maximum Gasteiger partial charge on any atom is 0.138 e. The third-order valence-corrected chi connectivity index (χ3v) is 2.90. The molecule has 0 spiro atoms. The van der Waals surface area contributed by atoms with Crippen LogP contribution in [-0.4, -0.2) is 10.3 Å². The van der Waals surface area contributed by atoms with Gasteiger partial charge < -0.3 is 0 Å². The summed E-state index contributed by atoms with van der Waals surface area (Å²) in [5.74, 6) is 0. The molecule has 0 aliphatic carbocycles. The largest absolute Gasteiger partial charge is 0.243 e. The summed E-state index contributed by atoms with van der Waals surface area (Å²) in [5, 5.41) is 7.79. The summed E-state index contributed by atoms with van der Waals surface area (Å²) in [6.07, 6.45) is 1.07. The first-order valence-electron chi connectivity index (χ1n) is 4.87. The molecule has 2 rings (SSSR count). The van der Waals surface area contributed by atoms with Crippen molar-refractivity contribution in [1.82, 2.24) is 10.3 Å². The van der Waals surface area contributed by atoms with Gasteiger partial charge in [0.05, 0.1) is 0 Å². The van der Waals surface area contributed by atoms with Crippen molar-refractivity contribution >= 4 is 11.0 Å². The molecule has 0 amide bonds. The van der Waals surface area contributed by atoms with Gasteiger partial charge in [0.25, 0.3) is 0 Å². The average Bonchev–Trinajstić information content (AvgIpc) is 2.64. The summed E-state index contributed by atoms with van der Waals surface area (Å²) in [5.41, 5.74) is 3.06. The van der Waals surface area contributed by atoms with E-state index in [1.54, 1.807) is 0 Å². The van der Waals surface area contributed by atoms with E-state index < -0.39 is 0 Å². The highest BCUT2D eigenvalue weighted by Crippen LogP contribution is 2.30. The van der Waals surface area contributed by atoms with Crippen LogP contribution in [0.1, 0.15) is 32.8 Å². The maximum absolute atomic E-state index is 4.75. The normalized spacial score (nSPS) is 12.2. The minimum absolute atomic E-state index is 0.123. The molecular formula is C11H14N2O. The van der Waals surface area contributed by atoms with Crippen molar-refractivity contribution in [3.63, 3.8) is 0 Å². The summed E-state index contributed by atoms with van der Waals surface area (Å²) in [6.45, 7) is 6.58. The standard InChI is InChI=1S/C11H14N2O/c1-4-11(2,3)8-6-5-7-9-10(8)13-14-12-9/h5-7H,4H2,1-3H3. The van der Waals surface area contributed by atoms with E-state index in [1.165, 1.54) is 5.56 Å². The quantitative estimate of drug-likeness (QED) is 0.730. The van der Waals surface area contributed by atoms with E-state index in [-0.39, 0.29) is 5.41 Å². The lowest BCUT2D eigenvalue weighted by Crippen LogP contribution is -2.15. The van der Waals surface area contributed by atoms with Crippen LogP contribution in [0.15, 0.2) is 22.8 Å². The molecule has 0 aliphatic heterocycles. The van der Waals surface area contributed by atoms with Gasteiger partial charge in [-0.25, -0.2) is 4.63 Å². The van der Waals surface area contributed by atoms with Crippen LogP contribution in [-0.2, 0) is 5.41 Å². The maximum atomic E-state index is 4.75. The average molecular weight is 190 g/mol. The molecule has 74 valence electrons. The van der Waals surface area contributed by atoms with Crippen molar-refractivity contribution in [2.75, 3.05) is 0 Å². The van der Waals surface area contributed by atoms with Crippen LogP contribution in [0.2, 0.25) is 0 Å². The zero-order chi connectivity index (χ0) is 10.2. The van der Waals surface area contributed by atoms with E-state index >= 15 is 0 Å². The van der Waals surface area contributed by atoms with Crippen LogP contribution in [0, 0.1) is 0 Å². The summed E-state index contributed by atoms with van der Waals surface area (Å²) in [7, 11) is 0. The summed E-state index contributed by atoms with van der Waals surface area (Å²) < 4.78 is 4.75. The number of fused-ring (bicyclic) bond motifs is 1. The second-order valence-corrected chi connectivity index (χ2v) is 4.17. The Hall–Kier alpha value is -1.38. The molecular weight excluding hydrogens is 176 g/mol. The van der Waals surface area contributed by atoms with Crippen LogP contribution in [0.3, 0.4) is 0 Å². The topological polar surface area (TPSA) is 38.9 Å². The zero-order valence-electron chi connectivity index (χ0n) is 8.74. The number of hydrogen-bond acceptors (Lipinski definition) is 3. The van der Waals surface area contributed by atoms with Crippen LogP contribution >= 0.6 is 0 Å². The lowest BCUT2D eigenvalue weighted by atomic mass is 9.81. The molecule has 0 unspecified atom stereocenters. The minimum Gasteiger partial charge on any atom is -0.243 e. The highest BCUT2D eigenvalue weighted by Gasteiger charge is 2.22. The molecule has 0 atom stereocenters. The molecule has 0 saturated carbocycles. The van der Waals surface area contributed by atoms with E-state index in [1.807, 2.05) is 12.1 Å². The minimum atomic E-state index is 0.123. The third kappa shape index (κ3) is 1.29.